The highest BCUT2D eigenvalue weighted by molar-refractivity contribution is 7.21. The summed E-state index contributed by atoms with van der Waals surface area (Å²) in [5.41, 5.74) is 1.06. The van der Waals surface area contributed by atoms with Gasteiger partial charge in [0.2, 0.25) is 0 Å². The van der Waals surface area contributed by atoms with Gasteiger partial charge in [-0.15, -0.1) is 11.3 Å². The first-order valence-corrected chi connectivity index (χ1v) is 7.41. The molecule has 1 aliphatic carbocycles. The Bertz CT molecular complexity index is 614. The van der Waals surface area contributed by atoms with Crippen LogP contribution in [-0.2, 0) is 0 Å². The maximum atomic E-state index is 12.2. The topological polar surface area (TPSA) is 49.3 Å². The SMILES string of the molecule is Cc1c(C(=O)NCC2CC(O)C2)sc2ccccc12. The van der Waals surface area contributed by atoms with Crippen LogP contribution >= 0.6 is 11.3 Å². The Labute approximate surface area is 116 Å². The lowest BCUT2D eigenvalue weighted by molar-refractivity contribution is 0.0420. The Morgan fingerprint density at radius 2 is 2.16 bits per heavy atom. The first-order valence-electron chi connectivity index (χ1n) is 6.59. The van der Waals surface area contributed by atoms with Gasteiger partial charge in [0.1, 0.15) is 0 Å². The summed E-state index contributed by atoms with van der Waals surface area (Å²) in [5.74, 6) is 0.453. The number of aliphatic hydroxyl groups is 1. The number of aryl methyl sites for hydroxylation is 1. The van der Waals surface area contributed by atoms with Gasteiger partial charge in [0.15, 0.2) is 0 Å². The molecular formula is C15H17NO2S. The monoisotopic (exact) mass is 275 g/mol. The van der Waals surface area contributed by atoms with E-state index in [0.717, 1.165) is 33.4 Å². The summed E-state index contributed by atoms with van der Waals surface area (Å²) in [7, 11) is 0. The highest BCUT2D eigenvalue weighted by atomic mass is 32.1. The van der Waals surface area contributed by atoms with Crippen molar-refractivity contribution in [2.45, 2.75) is 25.9 Å². The summed E-state index contributed by atoms with van der Waals surface area (Å²) in [6.07, 6.45) is 1.46. The number of nitrogens with one attached hydrogen (secondary N) is 1. The van der Waals surface area contributed by atoms with E-state index < -0.39 is 0 Å². The van der Waals surface area contributed by atoms with E-state index >= 15 is 0 Å². The van der Waals surface area contributed by atoms with Crippen LogP contribution in [0.5, 0.6) is 0 Å². The lowest BCUT2D eigenvalue weighted by Crippen LogP contribution is -2.38. The molecule has 2 aromatic rings. The third kappa shape index (κ3) is 2.38. The van der Waals surface area contributed by atoms with Crippen molar-refractivity contribution in [3.63, 3.8) is 0 Å². The molecule has 0 unspecified atom stereocenters. The van der Waals surface area contributed by atoms with Crippen molar-refractivity contribution in [2.24, 2.45) is 5.92 Å². The highest BCUT2D eigenvalue weighted by Crippen LogP contribution is 2.31. The minimum atomic E-state index is -0.159. The van der Waals surface area contributed by atoms with E-state index in [0.29, 0.717) is 12.5 Å². The van der Waals surface area contributed by atoms with Crippen molar-refractivity contribution in [3.8, 4) is 0 Å². The van der Waals surface area contributed by atoms with E-state index in [2.05, 4.69) is 11.4 Å². The van der Waals surface area contributed by atoms with Crippen LogP contribution in [0.3, 0.4) is 0 Å². The standard InChI is InChI=1S/C15H17NO2S/c1-9-12-4-2-3-5-13(12)19-14(9)15(18)16-8-10-6-11(17)7-10/h2-5,10-11,17H,6-8H2,1H3,(H,16,18). The second-order valence-corrected chi connectivity index (χ2v) is 6.31. The minimum Gasteiger partial charge on any atom is -0.393 e. The van der Waals surface area contributed by atoms with Crippen LogP contribution in [0.1, 0.15) is 28.1 Å². The van der Waals surface area contributed by atoms with Gasteiger partial charge in [-0.1, -0.05) is 18.2 Å². The quantitative estimate of drug-likeness (QED) is 0.905. The molecule has 4 heteroatoms. The summed E-state index contributed by atoms with van der Waals surface area (Å²) < 4.78 is 1.16. The second-order valence-electron chi connectivity index (χ2n) is 5.25. The smallest absolute Gasteiger partial charge is 0.261 e. The van der Waals surface area contributed by atoms with Crippen LogP contribution in [0.15, 0.2) is 24.3 Å². The molecule has 1 saturated carbocycles. The Morgan fingerprint density at radius 1 is 1.42 bits per heavy atom. The highest BCUT2D eigenvalue weighted by Gasteiger charge is 2.27. The number of thiophene rings is 1. The number of amides is 1. The molecular weight excluding hydrogens is 258 g/mol. The number of benzene rings is 1. The van der Waals surface area contributed by atoms with Crippen molar-refractivity contribution < 1.29 is 9.90 Å². The first-order chi connectivity index (χ1) is 9.15. The van der Waals surface area contributed by atoms with Crippen molar-refractivity contribution in [1.82, 2.24) is 5.32 Å². The fraction of sp³-hybridized carbons (Fsp3) is 0.400. The molecule has 1 amide bonds. The molecule has 1 aromatic carbocycles. The summed E-state index contributed by atoms with van der Waals surface area (Å²) in [4.78, 5) is 13.0. The molecule has 1 fully saturated rings. The largest absolute Gasteiger partial charge is 0.393 e. The number of fused-ring (bicyclic) bond motifs is 1. The van der Waals surface area contributed by atoms with Crippen LogP contribution in [0, 0.1) is 12.8 Å². The fourth-order valence-corrected chi connectivity index (χ4v) is 3.70. The Morgan fingerprint density at radius 3 is 2.84 bits per heavy atom. The van der Waals surface area contributed by atoms with E-state index in [1.54, 1.807) is 11.3 Å². The van der Waals surface area contributed by atoms with Gasteiger partial charge in [-0.3, -0.25) is 4.79 Å². The molecule has 0 bridgehead atoms. The summed E-state index contributed by atoms with van der Waals surface area (Å²) in [6, 6.07) is 8.10. The fourth-order valence-electron chi connectivity index (χ4n) is 2.58. The van der Waals surface area contributed by atoms with E-state index in [4.69, 9.17) is 0 Å². The maximum absolute atomic E-state index is 12.2. The molecule has 1 heterocycles. The molecule has 1 aromatic heterocycles. The molecule has 0 aliphatic heterocycles. The van der Waals surface area contributed by atoms with Crippen LogP contribution in [0.25, 0.3) is 10.1 Å². The molecule has 19 heavy (non-hydrogen) atoms. The number of carbonyl (C=O) groups is 1. The van der Waals surface area contributed by atoms with Crippen LogP contribution < -0.4 is 5.32 Å². The molecule has 2 N–H and O–H groups in total. The molecule has 100 valence electrons. The number of carbonyl (C=O) groups excluding carboxylic acids is 1. The number of hydrogen-bond acceptors (Lipinski definition) is 3. The first kappa shape index (κ1) is 12.6. The zero-order chi connectivity index (χ0) is 13.4. The average Bonchev–Trinajstić information content (AvgIpc) is 2.71. The predicted molar refractivity (Wildman–Crippen MR) is 77.6 cm³/mol. The van der Waals surface area contributed by atoms with Gasteiger partial charge in [-0.2, -0.15) is 0 Å². The second kappa shape index (κ2) is 4.94. The van der Waals surface area contributed by atoms with Gasteiger partial charge in [0.05, 0.1) is 11.0 Å². The van der Waals surface area contributed by atoms with E-state index in [-0.39, 0.29) is 12.0 Å². The number of hydrogen-bond donors (Lipinski definition) is 2. The zero-order valence-corrected chi connectivity index (χ0v) is 11.7. The van der Waals surface area contributed by atoms with E-state index in [1.807, 2.05) is 25.1 Å². The maximum Gasteiger partial charge on any atom is 0.261 e. The van der Waals surface area contributed by atoms with Gasteiger partial charge in [0, 0.05) is 11.2 Å². The average molecular weight is 275 g/mol. The van der Waals surface area contributed by atoms with Crippen molar-refractivity contribution in [1.29, 1.82) is 0 Å². The Balaban J connectivity index is 1.72. The van der Waals surface area contributed by atoms with Gasteiger partial charge < -0.3 is 10.4 Å². The van der Waals surface area contributed by atoms with Gasteiger partial charge in [0.25, 0.3) is 5.91 Å². The predicted octanol–water partition coefficient (Wildman–Crippen LogP) is 2.71. The molecule has 3 nitrogen and oxygen atoms in total. The number of aliphatic hydroxyl groups excluding tert-OH is 1. The molecule has 0 atom stereocenters. The lowest BCUT2D eigenvalue weighted by Gasteiger charge is -2.31. The Hall–Kier alpha value is -1.39. The van der Waals surface area contributed by atoms with Gasteiger partial charge in [-0.25, -0.2) is 0 Å². The van der Waals surface area contributed by atoms with Crippen molar-refractivity contribution in [2.75, 3.05) is 6.54 Å². The van der Waals surface area contributed by atoms with E-state index in [1.165, 1.54) is 0 Å². The summed E-state index contributed by atoms with van der Waals surface area (Å²) in [5, 5.41) is 13.4. The van der Waals surface area contributed by atoms with Crippen LogP contribution in [0.4, 0.5) is 0 Å². The van der Waals surface area contributed by atoms with Crippen molar-refractivity contribution in [3.05, 3.63) is 34.7 Å². The van der Waals surface area contributed by atoms with Gasteiger partial charge in [-0.05, 0) is 42.7 Å². The van der Waals surface area contributed by atoms with E-state index in [9.17, 15) is 9.90 Å². The molecule has 0 saturated heterocycles. The number of rotatable bonds is 3. The van der Waals surface area contributed by atoms with Crippen LogP contribution in [0.2, 0.25) is 0 Å². The molecule has 1 aliphatic rings. The zero-order valence-electron chi connectivity index (χ0n) is 10.8. The third-order valence-electron chi connectivity index (χ3n) is 3.81. The van der Waals surface area contributed by atoms with Gasteiger partial charge >= 0.3 is 0 Å². The minimum absolute atomic E-state index is 0.0140. The summed E-state index contributed by atoms with van der Waals surface area (Å²) >= 11 is 1.55. The normalized spacial score (nSPS) is 22.2. The summed E-state index contributed by atoms with van der Waals surface area (Å²) in [6.45, 7) is 2.67. The Kier molecular flexibility index (Phi) is 3.29. The molecule has 0 spiro atoms. The van der Waals surface area contributed by atoms with Crippen molar-refractivity contribution >= 4 is 27.3 Å². The van der Waals surface area contributed by atoms with Crippen LogP contribution in [-0.4, -0.2) is 23.7 Å². The molecule has 3 rings (SSSR count). The lowest BCUT2D eigenvalue weighted by atomic mass is 9.82. The molecule has 0 radical (unpaired) electrons. The third-order valence-corrected chi connectivity index (χ3v) is 5.08.